The van der Waals surface area contributed by atoms with Crippen molar-refractivity contribution in [3.05, 3.63) is 57.8 Å². The van der Waals surface area contributed by atoms with E-state index in [0.29, 0.717) is 5.69 Å². The summed E-state index contributed by atoms with van der Waals surface area (Å²) in [5, 5.41) is 13.0. The molecule has 1 amide bonds. The number of nitrogens with zero attached hydrogens (tertiary/aromatic N) is 1. The van der Waals surface area contributed by atoms with Crippen molar-refractivity contribution in [1.29, 1.82) is 0 Å². The van der Waals surface area contributed by atoms with Crippen LogP contribution in [0.25, 0.3) is 0 Å². The monoisotopic (exact) mass is 276 g/mol. The minimum Gasteiger partial charge on any atom is -0.395 e. The summed E-state index contributed by atoms with van der Waals surface area (Å²) >= 11 is 0. The van der Waals surface area contributed by atoms with Crippen LogP contribution in [0, 0.1) is 17.0 Å². The van der Waals surface area contributed by atoms with Crippen molar-refractivity contribution >= 4 is 17.5 Å². The Hall–Kier alpha value is -2.63. The molecule has 1 aromatic heterocycles. The fraction of sp³-hybridized carbons (Fsp3) is 0.214. The second-order valence-corrected chi connectivity index (χ2v) is 3.72. The van der Waals surface area contributed by atoms with Gasteiger partial charge in [-0.1, -0.05) is 31.5 Å². The summed E-state index contributed by atoms with van der Waals surface area (Å²) in [7, 11) is 0. The maximum Gasteiger partial charge on any atom is 0.433 e. The Bertz CT molecular complexity index is 587. The zero-order valence-electron chi connectivity index (χ0n) is 11.5. The van der Waals surface area contributed by atoms with Gasteiger partial charge in [0.1, 0.15) is 4.92 Å². The molecular weight excluding hydrogens is 260 g/mol. The van der Waals surface area contributed by atoms with Gasteiger partial charge in [0, 0.05) is 5.69 Å². The third-order valence-corrected chi connectivity index (χ3v) is 2.30. The average Bonchev–Trinajstić information content (AvgIpc) is 2.94. The Balaban J connectivity index is 0.000000956. The molecule has 2 aromatic rings. The lowest BCUT2D eigenvalue weighted by atomic mass is 10.2. The number of furan rings is 1. The second-order valence-electron chi connectivity index (χ2n) is 3.72. The summed E-state index contributed by atoms with van der Waals surface area (Å²) in [6.07, 6.45) is 0. The van der Waals surface area contributed by atoms with E-state index >= 15 is 0 Å². The molecule has 0 aliphatic heterocycles. The van der Waals surface area contributed by atoms with Gasteiger partial charge in [0.25, 0.3) is 5.91 Å². The number of rotatable bonds is 3. The Kier molecular flexibility index (Phi) is 5.46. The molecule has 1 aromatic carbocycles. The van der Waals surface area contributed by atoms with Gasteiger partial charge < -0.3 is 9.73 Å². The summed E-state index contributed by atoms with van der Waals surface area (Å²) in [4.78, 5) is 21.4. The van der Waals surface area contributed by atoms with Crippen molar-refractivity contribution in [3.63, 3.8) is 0 Å². The number of hydrogen-bond donors (Lipinski definition) is 1. The molecule has 1 heterocycles. The molecule has 2 rings (SSSR count). The van der Waals surface area contributed by atoms with E-state index in [4.69, 9.17) is 4.42 Å². The van der Waals surface area contributed by atoms with Crippen LogP contribution in [0.1, 0.15) is 30.0 Å². The van der Waals surface area contributed by atoms with Gasteiger partial charge in [-0.15, -0.1) is 0 Å². The van der Waals surface area contributed by atoms with Crippen molar-refractivity contribution < 1.29 is 14.1 Å². The van der Waals surface area contributed by atoms with Gasteiger partial charge in [0.2, 0.25) is 0 Å². The van der Waals surface area contributed by atoms with Crippen LogP contribution in [0.4, 0.5) is 11.6 Å². The van der Waals surface area contributed by atoms with Gasteiger partial charge in [0.05, 0.1) is 6.07 Å². The zero-order valence-corrected chi connectivity index (χ0v) is 11.5. The van der Waals surface area contributed by atoms with Gasteiger partial charge in [0.15, 0.2) is 5.76 Å². The number of amides is 1. The molecule has 0 aliphatic rings. The summed E-state index contributed by atoms with van der Waals surface area (Å²) in [5.41, 5.74) is 1.67. The maximum atomic E-state index is 11.7. The number of nitrogens with one attached hydrogen (secondary N) is 1. The van der Waals surface area contributed by atoms with Crippen LogP contribution in [-0.2, 0) is 0 Å². The van der Waals surface area contributed by atoms with Crippen molar-refractivity contribution in [2.24, 2.45) is 0 Å². The molecule has 6 nitrogen and oxygen atoms in total. The minimum absolute atomic E-state index is 0.0951. The highest BCUT2D eigenvalue weighted by atomic mass is 16.6. The molecule has 6 heteroatoms. The highest BCUT2D eigenvalue weighted by Crippen LogP contribution is 2.17. The highest BCUT2D eigenvalue weighted by Gasteiger charge is 2.17. The van der Waals surface area contributed by atoms with E-state index in [1.807, 2.05) is 32.9 Å². The number of aryl methyl sites for hydroxylation is 1. The van der Waals surface area contributed by atoms with E-state index in [2.05, 4.69) is 5.32 Å². The van der Waals surface area contributed by atoms with Gasteiger partial charge in [-0.25, -0.2) is 0 Å². The maximum absolute atomic E-state index is 11.7. The molecule has 0 bridgehead atoms. The van der Waals surface area contributed by atoms with Crippen LogP contribution in [0.5, 0.6) is 0 Å². The van der Waals surface area contributed by atoms with Crippen molar-refractivity contribution in [3.8, 4) is 0 Å². The van der Waals surface area contributed by atoms with E-state index in [-0.39, 0.29) is 5.76 Å². The topological polar surface area (TPSA) is 85.4 Å². The first kappa shape index (κ1) is 15.4. The SMILES string of the molecule is CC.Cc1ccc(NC(=O)c2ccc([N+](=O)[O-])o2)cc1. The number of benzene rings is 1. The average molecular weight is 276 g/mol. The fourth-order valence-electron chi connectivity index (χ4n) is 1.38. The summed E-state index contributed by atoms with van der Waals surface area (Å²) in [6.45, 7) is 5.93. The Labute approximate surface area is 116 Å². The van der Waals surface area contributed by atoms with Crippen LogP contribution in [0.2, 0.25) is 0 Å². The van der Waals surface area contributed by atoms with Gasteiger partial charge in [-0.05, 0) is 25.1 Å². The predicted octanol–water partition coefficient (Wildman–Crippen LogP) is 3.77. The molecule has 0 unspecified atom stereocenters. The first-order chi connectivity index (χ1) is 9.56. The first-order valence-corrected chi connectivity index (χ1v) is 6.18. The number of carbonyl (C=O) groups excluding carboxylic acids is 1. The third kappa shape index (κ3) is 3.94. The Morgan fingerprint density at radius 1 is 1.15 bits per heavy atom. The molecule has 0 fully saturated rings. The summed E-state index contributed by atoms with van der Waals surface area (Å²) in [6, 6.07) is 9.58. The number of anilines is 1. The largest absolute Gasteiger partial charge is 0.433 e. The Morgan fingerprint density at radius 3 is 2.25 bits per heavy atom. The number of hydrogen-bond acceptors (Lipinski definition) is 4. The molecule has 0 radical (unpaired) electrons. The minimum atomic E-state index is -0.692. The third-order valence-electron chi connectivity index (χ3n) is 2.30. The lowest BCUT2D eigenvalue weighted by Gasteiger charge is -2.02. The van der Waals surface area contributed by atoms with Crippen LogP contribution < -0.4 is 5.32 Å². The van der Waals surface area contributed by atoms with Crippen molar-refractivity contribution in [2.75, 3.05) is 5.32 Å². The fourth-order valence-corrected chi connectivity index (χ4v) is 1.38. The molecule has 106 valence electrons. The van der Waals surface area contributed by atoms with Crippen LogP contribution in [0.3, 0.4) is 0 Å². The molecule has 0 spiro atoms. The predicted molar refractivity (Wildman–Crippen MR) is 75.8 cm³/mol. The van der Waals surface area contributed by atoms with Gasteiger partial charge >= 0.3 is 5.88 Å². The molecule has 1 N–H and O–H groups in total. The lowest BCUT2D eigenvalue weighted by Crippen LogP contribution is -2.10. The van der Waals surface area contributed by atoms with Crippen molar-refractivity contribution in [2.45, 2.75) is 20.8 Å². The highest BCUT2D eigenvalue weighted by molar-refractivity contribution is 6.02. The summed E-state index contributed by atoms with van der Waals surface area (Å²) < 4.78 is 4.79. The van der Waals surface area contributed by atoms with E-state index in [1.165, 1.54) is 6.07 Å². The zero-order chi connectivity index (χ0) is 15.1. The smallest absolute Gasteiger partial charge is 0.395 e. The summed E-state index contributed by atoms with van der Waals surface area (Å²) in [5.74, 6) is -1.07. The van der Waals surface area contributed by atoms with Gasteiger partial charge in [-0.2, -0.15) is 0 Å². The lowest BCUT2D eigenvalue weighted by molar-refractivity contribution is -0.402. The van der Waals surface area contributed by atoms with Crippen molar-refractivity contribution in [1.82, 2.24) is 0 Å². The second kappa shape index (κ2) is 7.08. The molecule has 0 saturated heterocycles. The quantitative estimate of drug-likeness (QED) is 0.682. The first-order valence-electron chi connectivity index (χ1n) is 6.18. The number of carbonyl (C=O) groups is 1. The molecule has 0 atom stereocenters. The van der Waals surface area contributed by atoms with E-state index in [0.717, 1.165) is 11.6 Å². The van der Waals surface area contributed by atoms with E-state index < -0.39 is 16.7 Å². The normalized spacial score (nSPS) is 9.35. The Morgan fingerprint density at radius 2 is 1.75 bits per heavy atom. The van der Waals surface area contributed by atoms with Crippen LogP contribution in [-0.4, -0.2) is 10.8 Å². The van der Waals surface area contributed by atoms with E-state index in [9.17, 15) is 14.9 Å². The molecular formula is C14H16N2O4. The molecule has 20 heavy (non-hydrogen) atoms. The number of nitro groups is 1. The molecule has 0 saturated carbocycles. The standard InChI is InChI=1S/C12H10N2O4.C2H6/c1-8-2-4-9(5-3-8)13-12(15)10-6-7-11(18-10)14(16)17;1-2/h2-7H,1H3,(H,13,15);1-2H3. The van der Waals surface area contributed by atoms with Crippen LogP contribution in [0.15, 0.2) is 40.8 Å². The molecule has 0 aliphatic carbocycles. The van der Waals surface area contributed by atoms with Gasteiger partial charge in [-0.3, -0.25) is 14.9 Å². The van der Waals surface area contributed by atoms with Crippen LogP contribution >= 0.6 is 0 Å². The van der Waals surface area contributed by atoms with E-state index in [1.54, 1.807) is 12.1 Å².